The van der Waals surface area contributed by atoms with E-state index in [2.05, 4.69) is 21.2 Å². The van der Waals surface area contributed by atoms with Crippen LogP contribution in [0.5, 0.6) is 0 Å². The van der Waals surface area contributed by atoms with E-state index >= 15 is 0 Å². The third-order valence-corrected chi connectivity index (χ3v) is 3.22. The van der Waals surface area contributed by atoms with Gasteiger partial charge in [0.2, 0.25) is 5.91 Å². The number of halogens is 2. The van der Waals surface area contributed by atoms with Gasteiger partial charge in [0.15, 0.2) is 4.67 Å². The molecule has 1 heterocycles. The molecule has 0 bridgehead atoms. The van der Waals surface area contributed by atoms with Crippen LogP contribution in [0.3, 0.4) is 0 Å². The molecular weight excluding hydrogens is 362 g/mol. The van der Waals surface area contributed by atoms with E-state index < -0.39 is 11.9 Å². The highest BCUT2D eigenvalue weighted by Gasteiger charge is 2.15. The molecule has 0 aliphatic rings. The van der Waals surface area contributed by atoms with E-state index in [0.717, 1.165) is 0 Å². The lowest BCUT2D eigenvalue weighted by Crippen LogP contribution is -2.12. The highest BCUT2D eigenvalue weighted by atomic mass is 79.9. The lowest BCUT2D eigenvalue weighted by atomic mass is 10.1. The smallest absolute Gasteiger partial charge is 0.339 e. The number of hydrogen-bond donors (Lipinski definition) is 2. The van der Waals surface area contributed by atoms with E-state index in [0.29, 0.717) is 10.4 Å². The zero-order chi connectivity index (χ0) is 15.4. The Morgan fingerprint density at radius 3 is 2.67 bits per heavy atom. The molecule has 0 unspecified atom stereocenters. The molecular formula is C14H9BrClNO4. The summed E-state index contributed by atoms with van der Waals surface area (Å²) in [5, 5.41) is 11.6. The van der Waals surface area contributed by atoms with Gasteiger partial charge in [0.25, 0.3) is 0 Å². The zero-order valence-corrected chi connectivity index (χ0v) is 12.8. The Bertz CT molecular complexity index is 724. The standard InChI is InChI=1S/C14H9BrClNO4/c15-11-6-4-8(21-11)5-7-12(18)17-10-3-1-2-9(16)13(10)14(19)20/h1-7H,(H,17,18)(H,19,20). The normalized spacial score (nSPS) is 10.8. The van der Waals surface area contributed by atoms with Gasteiger partial charge in [0, 0.05) is 6.08 Å². The molecule has 0 spiro atoms. The van der Waals surface area contributed by atoms with Gasteiger partial charge in [-0.15, -0.1) is 0 Å². The molecule has 0 atom stereocenters. The first-order valence-corrected chi connectivity index (χ1v) is 6.90. The molecule has 0 aliphatic heterocycles. The first kappa shape index (κ1) is 15.3. The summed E-state index contributed by atoms with van der Waals surface area (Å²) >= 11 is 8.96. The molecule has 108 valence electrons. The second kappa shape index (κ2) is 6.60. The van der Waals surface area contributed by atoms with E-state index in [4.69, 9.17) is 21.1 Å². The Hall–Kier alpha value is -2.05. The third kappa shape index (κ3) is 3.96. The number of anilines is 1. The summed E-state index contributed by atoms with van der Waals surface area (Å²) in [5.41, 5.74) is -0.0214. The van der Waals surface area contributed by atoms with Crippen LogP contribution in [0.2, 0.25) is 5.02 Å². The van der Waals surface area contributed by atoms with Crippen LogP contribution in [0.25, 0.3) is 6.08 Å². The van der Waals surface area contributed by atoms with Crippen molar-refractivity contribution in [3.8, 4) is 0 Å². The Kier molecular flexibility index (Phi) is 4.82. The van der Waals surface area contributed by atoms with Gasteiger partial charge in [-0.3, -0.25) is 4.79 Å². The molecule has 1 aromatic carbocycles. The molecule has 2 rings (SSSR count). The summed E-state index contributed by atoms with van der Waals surface area (Å²) in [6.45, 7) is 0. The fourth-order valence-electron chi connectivity index (χ4n) is 1.60. The molecule has 21 heavy (non-hydrogen) atoms. The second-order valence-electron chi connectivity index (χ2n) is 3.93. The lowest BCUT2D eigenvalue weighted by molar-refractivity contribution is -0.111. The topological polar surface area (TPSA) is 79.5 Å². The van der Waals surface area contributed by atoms with Gasteiger partial charge in [-0.25, -0.2) is 4.79 Å². The number of carbonyl (C=O) groups is 2. The predicted molar refractivity (Wildman–Crippen MR) is 82.5 cm³/mol. The summed E-state index contributed by atoms with van der Waals surface area (Å²) < 4.78 is 5.75. The second-order valence-corrected chi connectivity index (χ2v) is 5.12. The van der Waals surface area contributed by atoms with E-state index in [1.807, 2.05) is 0 Å². The molecule has 0 fully saturated rings. The van der Waals surface area contributed by atoms with E-state index in [-0.39, 0.29) is 16.3 Å². The number of aromatic carboxylic acids is 1. The van der Waals surface area contributed by atoms with Crippen LogP contribution >= 0.6 is 27.5 Å². The van der Waals surface area contributed by atoms with Crippen molar-refractivity contribution < 1.29 is 19.1 Å². The highest BCUT2D eigenvalue weighted by Crippen LogP contribution is 2.24. The quantitative estimate of drug-likeness (QED) is 0.796. The van der Waals surface area contributed by atoms with Crippen LogP contribution in [0.15, 0.2) is 45.5 Å². The monoisotopic (exact) mass is 369 g/mol. The Morgan fingerprint density at radius 2 is 2.05 bits per heavy atom. The molecule has 2 N–H and O–H groups in total. The van der Waals surface area contributed by atoms with Crippen molar-refractivity contribution in [3.63, 3.8) is 0 Å². The molecule has 0 saturated heterocycles. The molecule has 0 saturated carbocycles. The maximum atomic E-state index is 11.8. The number of carboxylic acid groups (broad SMARTS) is 1. The first-order chi connectivity index (χ1) is 9.97. The maximum Gasteiger partial charge on any atom is 0.339 e. The van der Waals surface area contributed by atoms with Gasteiger partial charge in [-0.1, -0.05) is 17.7 Å². The van der Waals surface area contributed by atoms with Crippen molar-refractivity contribution in [1.29, 1.82) is 0 Å². The third-order valence-electron chi connectivity index (χ3n) is 2.48. The number of carbonyl (C=O) groups excluding carboxylic acids is 1. The van der Waals surface area contributed by atoms with Crippen molar-refractivity contribution in [2.75, 3.05) is 5.32 Å². The summed E-state index contributed by atoms with van der Waals surface area (Å²) in [6, 6.07) is 7.83. The highest BCUT2D eigenvalue weighted by molar-refractivity contribution is 9.10. The van der Waals surface area contributed by atoms with Crippen LogP contribution in [0.1, 0.15) is 16.1 Å². The van der Waals surface area contributed by atoms with Crippen molar-refractivity contribution in [2.24, 2.45) is 0 Å². The van der Waals surface area contributed by atoms with Crippen LogP contribution in [0.4, 0.5) is 5.69 Å². The minimum atomic E-state index is -1.21. The molecule has 7 heteroatoms. The Morgan fingerprint density at radius 1 is 1.29 bits per heavy atom. The van der Waals surface area contributed by atoms with Gasteiger partial charge < -0.3 is 14.8 Å². The molecule has 0 aliphatic carbocycles. The molecule has 2 aromatic rings. The summed E-state index contributed by atoms with van der Waals surface area (Å²) in [6.07, 6.45) is 2.70. The van der Waals surface area contributed by atoms with Crippen molar-refractivity contribution in [3.05, 3.63) is 57.4 Å². The van der Waals surface area contributed by atoms with Crippen LogP contribution in [0, 0.1) is 0 Å². The van der Waals surface area contributed by atoms with Crippen LogP contribution < -0.4 is 5.32 Å². The molecule has 0 radical (unpaired) electrons. The molecule has 5 nitrogen and oxygen atoms in total. The fourth-order valence-corrected chi connectivity index (χ4v) is 2.17. The van der Waals surface area contributed by atoms with Gasteiger partial charge in [-0.05, 0) is 46.3 Å². The Balaban J connectivity index is 2.15. The van der Waals surface area contributed by atoms with E-state index in [9.17, 15) is 9.59 Å². The summed E-state index contributed by atoms with van der Waals surface area (Å²) in [7, 11) is 0. The number of hydrogen-bond acceptors (Lipinski definition) is 3. The number of rotatable bonds is 4. The number of carboxylic acids is 1. The first-order valence-electron chi connectivity index (χ1n) is 5.73. The lowest BCUT2D eigenvalue weighted by Gasteiger charge is -2.07. The average molecular weight is 371 g/mol. The number of nitrogens with one attached hydrogen (secondary N) is 1. The minimum Gasteiger partial charge on any atom is -0.478 e. The largest absolute Gasteiger partial charge is 0.478 e. The van der Waals surface area contributed by atoms with Gasteiger partial charge >= 0.3 is 5.97 Å². The SMILES string of the molecule is O=C(C=Cc1ccc(Br)o1)Nc1cccc(Cl)c1C(=O)O. The maximum absolute atomic E-state index is 11.8. The Labute approximate surface area is 133 Å². The summed E-state index contributed by atoms with van der Waals surface area (Å²) in [5.74, 6) is -1.22. The zero-order valence-electron chi connectivity index (χ0n) is 10.5. The van der Waals surface area contributed by atoms with Gasteiger partial charge in [-0.2, -0.15) is 0 Å². The number of benzene rings is 1. The van der Waals surface area contributed by atoms with E-state index in [1.54, 1.807) is 18.2 Å². The van der Waals surface area contributed by atoms with Crippen molar-refractivity contribution in [2.45, 2.75) is 0 Å². The average Bonchev–Trinajstić information content (AvgIpc) is 2.82. The van der Waals surface area contributed by atoms with Gasteiger partial charge in [0.05, 0.1) is 10.7 Å². The fraction of sp³-hybridized carbons (Fsp3) is 0. The number of furan rings is 1. The van der Waals surface area contributed by atoms with E-state index in [1.165, 1.54) is 24.3 Å². The summed E-state index contributed by atoms with van der Waals surface area (Å²) in [4.78, 5) is 22.9. The van der Waals surface area contributed by atoms with Crippen molar-refractivity contribution >= 4 is 51.2 Å². The minimum absolute atomic E-state index is 0.0549. The molecule has 1 amide bonds. The molecule has 1 aromatic heterocycles. The van der Waals surface area contributed by atoms with Crippen molar-refractivity contribution in [1.82, 2.24) is 0 Å². The van der Waals surface area contributed by atoms with Crippen LogP contribution in [-0.2, 0) is 4.79 Å². The van der Waals surface area contributed by atoms with Gasteiger partial charge in [0.1, 0.15) is 11.3 Å². The number of amides is 1. The van der Waals surface area contributed by atoms with Crippen LogP contribution in [-0.4, -0.2) is 17.0 Å². The predicted octanol–water partition coefficient (Wildman–Crippen LogP) is 4.05.